The Morgan fingerprint density at radius 1 is 1.17 bits per heavy atom. The monoisotopic (exact) mass is 314 g/mol. The fourth-order valence-electron chi connectivity index (χ4n) is 3.17. The van der Waals surface area contributed by atoms with Crippen LogP contribution in [0.5, 0.6) is 0 Å². The summed E-state index contributed by atoms with van der Waals surface area (Å²) in [5.74, 6) is -0.187. The van der Waals surface area contributed by atoms with Crippen LogP contribution in [0.2, 0.25) is 0 Å². The first-order valence-corrected chi connectivity index (χ1v) is 7.57. The third kappa shape index (κ3) is 3.13. The van der Waals surface area contributed by atoms with Crippen molar-refractivity contribution >= 4 is 17.5 Å². The summed E-state index contributed by atoms with van der Waals surface area (Å²) in [6, 6.07) is 8.94. The zero-order valence-electron chi connectivity index (χ0n) is 13.2. The van der Waals surface area contributed by atoms with Gasteiger partial charge in [-0.05, 0) is 66.8 Å². The maximum absolute atomic E-state index is 13.3. The smallest absolute Gasteiger partial charge is 0.409 e. The fourth-order valence-corrected chi connectivity index (χ4v) is 3.17. The molecule has 2 aromatic rings. The Kier molecular flexibility index (Phi) is 3.94. The maximum atomic E-state index is 13.3. The Balaban J connectivity index is 1.88. The molecular weight excluding hydrogens is 295 g/mol. The zero-order chi connectivity index (χ0) is 16.6. The van der Waals surface area contributed by atoms with Crippen molar-refractivity contribution in [3.05, 3.63) is 58.4 Å². The number of anilines is 2. The summed E-state index contributed by atoms with van der Waals surface area (Å²) in [7, 11) is 0. The summed E-state index contributed by atoms with van der Waals surface area (Å²) in [6.45, 7) is 5.35. The van der Waals surface area contributed by atoms with E-state index in [2.05, 4.69) is 10.2 Å². The van der Waals surface area contributed by atoms with Crippen molar-refractivity contribution in [2.75, 3.05) is 16.8 Å². The molecule has 120 valence electrons. The van der Waals surface area contributed by atoms with Crippen LogP contribution < -0.4 is 10.2 Å². The Hall–Kier alpha value is -2.56. The summed E-state index contributed by atoms with van der Waals surface area (Å²) in [5.41, 5.74) is 5.70. The van der Waals surface area contributed by atoms with E-state index in [1.54, 1.807) is 6.07 Å². The fraction of sp³-hybridized carbons (Fsp3) is 0.278. The molecule has 0 saturated heterocycles. The van der Waals surface area contributed by atoms with Gasteiger partial charge in [0.25, 0.3) is 0 Å². The van der Waals surface area contributed by atoms with Crippen molar-refractivity contribution in [1.29, 1.82) is 0 Å². The van der Waals surface area contributed by atoms with E-state index in [4.69, 9.17) is 5.11 Å². The molecule has 1 heterocycles. The van der Waals surface area contributed by atoms with Crippen LogP contribution in [0.15, 0.2) is 30.3 Å². The normalized spacial score (nSPS) is 13.6. The van der Waals surface area contributed by atoms with Gasteiger partial charge in [0.05, 0.1) is 0 Å². The molecule has 0 aliphatic carbocycles. The molecule has 4 nitrogen and oxygen atoms in total. The third-order valence-electron chi connectivity index (χ3n) is 4.30. The molecule has 2 N–H and O–H groups in total. The lowest BCUT2D eigenvalue weighted by molar-refractivity contribution is 0.209. The number of halogens is 1. The minimum Gasteiger partial charge on any atom is -0.465 e. The van der Waals surface area contributed by atoms with E-state index in [1.807, 2.05) is 32.0 Å². The zero-order valence-corrected chi connectivity index (χ0v) is 13.2. The van der Waals surface area contributed by atoms with Crippen LogP contribution >= 0.6 is 0 Å². The van der Waals surface area contributed by atoms with Crippen LogP contribution in [0.3, 0.4) is 0 Å². The largest absolute Gasteiger partial charge is 0.465 e. The van der Waals surface area contributed by atoms with Crippen molar-refractivity contribution in [3.8, 4) is 0 Å². The van der Waals surface area contributed by atoms with Crippen molar-refractivity contribution in [2.24, 2.45) is 0 Å². The van der Waals surface area contributed by atoms with E-state index >= 15 is 0 Å². The van der Waals surface area contributed by atoms with Gasteiger partial charge in [-0.1, -0.05) is 6.07 Å². The third-order valence-corrected chi connectivity index (χ3v) is 4.30. The lowest BCUT2D eigenvalue weighted by atomic mass is 9.98. The van der Waals surface area contributed by atoms with E-state index < -0.39 is 6.09 Å². The van der Waals surface area contributed by atoms with E-state index in [0.717, 1.165) is 47.5 Å². The van der Waals surface area contributed by atoms with E-state index in [1.165, 1.54) is 6.07 Å². The maximum Gasteiger partial charge on any atom is 0.409 e. The number of hydrogen-bond donors (Lipinski definition) is 2. The van der Waals surface area contributed by atoms with Crippen LogP contribution in [0, 0.1) is 19.7 Å². The predicted octanol–water partition coefficient (Wildman–Crippen LogP) is 4.10. The highest BCUT2D eigenvalue weighted by Crippen LogP contribution is 2.30. The quantitative estimate of drug-likeness (QED) is 0.877. The molecule has 1 aliphatic rings. The van der Waals surface area contributed by atoms with Crippen molar-refractivity contribution in [2.45, 2.75) is 26.8 Å². The number of nitrogens with one attached hydrogen (secondary N) is 1. The summed E-state index contributed by atoms with van der Waals surface area (Å²) < 4.78 is 13.3. The molecule has 0 atom stereocenters. The molecular formula is C18H19FN2O2. The van der Waals surface area contributed by atoms with Gasteiger partial charge in [-0.25, -0.2) is 9.18 Å². The first kappa shape index (κ1) is 15.3. The van der Waals surface area contributed by atoms with Gasteiger partial charge in [0, 0.05) is 24.5 Å². The second-order valence-corrected chi connectivity index (χ2v) is 5.97. The number of amides is 1. The van der Waals surface area contributed by atoms with E-state index in [9.17, 15) is 9.18 Å². The van der Waals surface area contributed by atoms with Gasteiger partial charge >= 0.3 is 6.09 Å². The van der Waals surface area contributed by atoms with Crippen LogP contribution in [-0.4, -0.2) is 17.7 Å². The van der Waals surface area contributed by atoms with Gasteiger partial charge in [0.15, 0.2) is 0 Å². The van der Waals surface area contributed by atoms with Gasteiger partial charge in [0.2, 0.25) is 0 Å². The number of fused-ring (bicyclic) bond motifs is 1. The molecule has 1 amide bonds. The summed E-state index contributed by atoms with van der Waals surface area (Å²) in [6.07, 6.45) is -0.252. The minimum atomic E-state index is -1.06. The van der Waals surface area contributed by atoms with E-state index in [0.29, 0.717) is 5.69 Å². The highest BCUT2D eigenvalue weighted by Gasteiger charge is 2.18. The molecule has 5 heteroatoms. The Labute approximate surface area is 134 Å². The summed E-state index contributed by atoms with van der Waals surface area (Å²) >= 11 is 0. The predicted molar refractivity (Wildman–Crippen MR) is 88.7 cm³/mol. The topological polar surface area (TPSA) is 52.6 Å². The van der Waals surface area contributed by atoms with Gasteiger partial charge in [-0.2, -0.15) is 0 Å². The number of hydrogen-bond acceptors (Lipinski definition) is 2. The molecule has 2 aromatic carbocycles. The number of carbonyl (C=O) groups is 1. The van der Waals surface area contributed by atoms with Crippen LogP contribution in [0.1, 0.15) is 22.3 Å². The lowest BCUT2D eigenvalue weighted by Crippen LogP contribution is -2.30. The van der Waals surface area contributed by atoms with Gasteiger partial charge in [-0.15, -0.1) is 0 Å². The van der Waals surface area contributed by atoms with Crippen molar-refractivity contribution in [3.63, 3.8) is 0 Å². The SMILES string of the molecule is Cc1cc(N2CCc3cc(F)ccc3C2)cc(C)c1NC(=O)O. The Morgan fingerprint density at radius 3 is 2.52 bits per heavy atom. The van der Waals surface area contributed by atoms with Gasteiger partial charge in [0.1, 0.15) is 5.82 Å². The van der Waals surface area contributed by atoms with Crippen molar-refractivity contribution < 1.29 is 14.3 Å². The number of rotatable bonds is 2. The Bertz CT molecular complexity index is 751. The number of aryl methyl sites for hydroxylation is 2. The van der Waals surface area contributed by atoms with Crippen molar-refractivity contribution in [1.82, 2.24) is 0 Å². The standard InChI is InChI=1S/C18H19FN2O2/c1-11-7-16(8-12(2)17(11)20-18(22)23)21-6-5-13-9-15(19)4-3-14(13)10-21/h3-4,7-9,20H,5-6,10H2,1-2H3,(H,22,23). The van der Waals surface area contributed by atoms with Crippen LogP contribution in [-0.2, 0) is 13.0 Å². The Morgan fingerprint density at radius 2 is 1.87 bits per heavy atom. The molecule has 0 radical (unpaired) electrons. The highest BCUT2D eigenvalue weighted by atomic mass is 19.1. The molecule has 23 heavy (non-hydrogen) atoms. The first-order chi connectivity index (χ1) is 10.9. The molecule has 0 unspecified atom stereocenters. The minimum absolute atomic E-state index is 0.187. The second kappa shape index (κ2) is 5.91. The molecule has 0 saturated carbocycles. The molecule has 3 rings (SSSR count). The molecule has 0 bridgehead atoms. The van der Waals surface area contributed by atoms with Gasteiger partial charge in [-0.3, -0.25) is 5.32 Å². The average molecular weight is 314 g/mol. The van der Waals surface area contributed by atoms with Gasteiger partial charge < -0.3 is 10.0 Å². The summed E-state index contributed by atoms with van der Waals surface area (Å²) in [4.78, 5) is 13.1. The molecule has 1 aliphatic heterocycles. The molecule has 0 spiro atoms. The molecule has 0 fully saturated rings. The molecule has 0 aromatic heterocycles. The van der Waals surface area contributed by atoms with E-state index in [-0.39, 0.29) is 5.82 Å². The van der Waals surface area contributed by atoms with Crippen LogP contribution in [0.4, 0.5) is 20.6 Å². The first-order valence-electron chi connectivity index (χ1n) is 7.57. The lowest BCUT2D eigenvalue weighted by Gasteiger charge is -2.31. The summed E-state index contributed by atoms with van der Waals surface area (Å²) in [5, 5.41) is 11.4. The highest BCUT2D eigenvalue weighted by molar-refractivity contribution is 5.86. The van der Waals surface area contributed by atoms with Crippen LogP contribution in [0.25, 0.3) is 0 Å². The second-order valence-electron chi connectivity index (χ2n) is 5.97. The number of benzene rings is 2. The number of nitrogens with zero attached hydrogens (tertiary/aromatic N) is 1. The number of carboxylic acid groups (broad SMARTS) is 1. The average Bonchev–Trinajstić information content (AvgIpc) is 2.50.